The third-order valence-electron chi connectivity index (χ3n) is 7.70. The van der Waals surface area contributed by atoms with Gasteiger partial charge in [0.05, 0.1) is 23.3 Å². The predicted octanol–water partition coefficient (Wildman–Crippen LogP) is 5.64. The van der Waals surface area contributed by atoms with Crippen LogP contribution in [0.4, 0.5) is 15.3 Å². The van der Waals surface area contributed by atoms with Gasteiger partial charge in [-0.2, -0.15) is 10.5 Å². The largest absolute Gasteiger partial charge is 0.492 e. The molecule has 2 amide bonds. The Bertz CT molecular complexity index is 1580. The van der Waals surface area contributed by atoms with Crippen molar-refractivity contribution in [3.05, 3.63) is 52.0 Å². The molecule has 55 heavy (non-hydrogen) atoms. The average molecular weight is 830 g/mol. The normalized spacial score (nSPS) is 14.4. The summed E-state index contributed by atoms with van der Waals surface area (Å²) >= 11 is 3.33. The zero-order valence-corrected chi connectivity index (χ0v) is 36.0. The quantitative estimate of drug-likeness (QED) is 0.334. The van der Waals surface area contributed by atoms with Crippen molar-refractivity contribution in [2.45, 2.75) is 52.7 Å². The molecule has 2 saturated heterocycles. The van der Waals surface area contributed by atoms with Gasteiger partial charge in [0.15, 0.2) is 0 Å². The first-order valence-electron chi connectivity index (χ1n) is 18.5. The van der Waals surface area contributed by atoms with Crippen LogP contribution >= 0.6 is 15.9 Å². The Labute approximate surface area is 336 Å². The van der Waals surface area contributed by atoms with Crippen LogP contribution in [0.25, 0.3) is 0 Å². The van der Waals surface area contributed by atoms with Gasteiger partial charge in [-0.1, -0.05) is 15.9 Å². The van der Waals surface area contributed by atoms with Crippen LogP contribution in [0.1, 0.15) is 52.7 Å². The number of benzene rings is 2. The van der Waals surface area contributed by atoms with Crippen molar-refractivity contribution < 1.29 is 28.5 Å². The number of hydrogen-bond donors (Lipinski definition) is 1. The van der Waals surface area contributed by atoms with Crippen LogP contribution < -0.4 is 19.7 Å². The molecular formula is C40H61BrN8O6. The molecule has 15 heteroatoms. The summed E-state index contributed by atoms with van der Waals surface area (Å²) in [6.45, 7) is 19.8. The lowest BCUT2D eigenvalue weighted by Crippen LogP contribution is -2.50. The predicted molar refractivity (Wildman–Crippen MR) is 219 cm³/mol. The second kappa shape index (κ2) is 22.9. The number of nitriles is 2. The standard InChI is InChI=1S/C20H30N4O3.C11H13BrN2O.C9H18N2O2/c1-20(2,3)27-19(25)24-8-6-23(7-9-24)17-12-16(15-21)13-18(14-17)26-11-10-22(4)5;1-14(2)3-4-15-11-6-9(8-13)5-10(12)7-11;1-9(2,3)13-8(12)11-6-4-10-5-7-11/h12-14H,6-11H2,1-5H3;5-7H,3-4H2,1-2H3;10H,4-7H2,1-3H3. The molecule has 2 aromatic rings. The lowest BCUT2D eigenvalue weighted by atomic mass is 10.1. The van der Waals surface area contributed by atoms with Crippen LogP contribution in [-0.4, -0.2) is 150 Å². The first-order valence-corrected chi connectivity index (χ1v) is 19.3. The second-order valence-electron chi connectivity index (χ2n) is 15.6. The summed E-state index contributed by atoms with van der Waals surface area (Å²) in [6, 6.07) is 15.2. The zero-order chi connectivity index (χ0) is 41.2. The maximum atomic E-state index is 12.2. The Morgan fingerprint density at radius 3 is 1.56 bits per heavy atom. The van der Waals surface area contributed by atoms with E-state index in [1.807, 2.05) is 97.7 Å². The molecule has 2 aromatic carbocycles. The van der Waals surface area contributed by atoms with Crippen molar-refractivity contribution in [2.75, 3.05) is 112 Å². The zero-order valence-electron chi connectivity index (χ0n) is 34.4. The summed E-state index contributed by atoms with van der Waals surface area (Å²) in [6.07, 6.45) is -0.477. The molecule has 304 valence electrons. The van der Waals surface area contributed by atoms with E-state index in [4.69, 9.17) is 24.2 Å². The fraction of sp³-hybridized carbons (Fsp3) is 0.600. The summed E-state index contributed by atoms with van der Waals surface area (Å²) in [4.78, 5) is 33.4. The molecule has 14 nitrogen and oxygen atoms in total. The third kappa shape index (κ3) is 19.7. The van der Waals surface area contributed by atoms with E-state index in [2.05, 4.69) is 38.3 Å². The molecule has 2 aliphatic heterocycles. The van der Waals surface area contributed by atoms with Crippen molar-refractivity contribution in [1.82, 2.24) is 24.9 Å². The molecule has 2 fully saturated rings. The minimum Gasteiger partial charge on any atom is -0.492 e. The van der Waals surface area contributed by atoms with Gasteiger partial charge in [-0.15, -0.1) is 0 Å². The van der Waals surface area contributed by atoms with E-state index in [1.165, 1.54) is 0 Å². The minimum absolute atomic E-state index is 0.200. The van der Waals surface area contributed by atoms with Gasteiger partial charge in [0.1, 0.15) is 35.9 Å². The van der Waals surface area contributed by atoms with Gasteiger partial charge in [-0.25, -0.2) is 9.59 Å². The van der Waals surface area contributed by atoms with Gasteiger partial charge in [-0.05, 0) is 100 Å². The number of piperazine rings is 2. The fourth-order valence-electron chi connectivity index (χ4n) is 4.96. The molecule has 0 aliphatic carbocycles. The van der Waals surface area contributed by atoms with E-state index in [-0.39, 0.29) is 17.8 Å². The molecule has 0 bridgehead atoms. The van der Waals surface area contributed by atoms with Crippen LogP contribution in [-0.2, 0) is 9.47 Å². The number of nitrogens with zero attached hydrogens (tertiary/aromatic N) is 7. The van der Waals surface area contributed by atoms with Gasteiger partial charge in [0.25, 0.3) is 0 Å². The highest BCUT2D eigenvalue weighted by Crippen LogP contribution is 2.26. The van der Waals surface area contributed by atoms with E-state index in [9.17, 15) is 14.9 Å². The fourth-order valence-corrected chi connectivity index (χ4v) is 5.44. The molecule has 0 atom stereocenters. The number of rotatable bonds is 9. The third-order valence-corrected chi connectivity index (χ3v) is 8.16. The number of hydrogen-bond acceptors (Lipinski definition) is 12. The van der Waals surface area contributed by atoms with Gasteiger partial charge in [-0.3, -0.25) is 0 Å². The molecule has 4 rings (SSSR count). The van der Waals surface area contributed by atoms with Gasteiger partial charge >= 0.3 is 12.2 Å². The monoisotopic (exact) mass is 828 g/mol. The van der Waals surface area contributed by atoms with Gasteiger partial charge < -0.3 is 48.8 Å². The number of likely N-dealkylation sites (N-methyl/N-ethyl adjacent to an activating group) is 2. The van der Waals surface area contributed by atoms with Crippen molar-refractivity contribution >= 4 is 33.8 Å². The summed E-state index contributed by atoms with van der Waals surface area (Å²) in [7, 11) is 7.96. The van der Waals surface area contributed by atoms with E-state index >= 15 is 0 Å². The average Bonchev–Trinajstić information content (AvgIpc) is 3.10. The Balaban J connectivity index is 0.000000314. The van der Waals surface area contributed by atoms with Crippen molar-refractivity contribution in [1.29, 1.82) is 10.5 Å². The highest BCUT2D eigenvalue weighted by molar-refractivity contribution is 9.10. The summed E-state index contributed by atoms with van der Waals surface area (Å²) in [5.74, 6) is 1.42. The Morgan fingerprint density at radius 1 is 0.691 bits per heavy atom. The Kier molecular flexibility index (Phi) is 19.6. The second-order valence-corrected chi connectivity index (χ2v) is 16.5. The van der Waals surface area contributed by atoms with Crippen molar-refractivity contribution in [2.24, 2.45) is 0 Å². The molecule has 0 spiro atoms. The van der Waals surface area contributed by atoms with E-state index in [1.54, 1.807) is 28.0 Å². The molecule has 2 aliphatic rings. The Hall–Kier alpha value is -4.28. The van der Waals surface area contributed by atoms with Crippen LogP contribution in [0.3, 0.4) is 0 Å². The molecule has 0 unspecified atom stereocenters. The molecule has 0 radical (unpaired) electrons. The smallest absolute Gasteiger partial charge is 0.410 e. The number of amides is 2. The van der Waals surface area contributed by atoms with E-state index < -0.39 is 5.60 Å². The van der Waals surface area contributed by atoms with Gasteiger partial charge in [0, 0.05) is 81.7 Å². The molecule has 2 heterocycles. The van der Waals surface area contributed by atoms with Crippen molar-refractivity contribution in [3.8, 4) is 23.6 Å². The topological polar surface area (TPSA) is 147 Å². The number of halogens is 1. The minimum atomic E-state index is -0.492. The maximum Gasteiger partial charge on any atom is 0.410 e. The first kappa shape index (κ1) is 46.9. The number of anilines is 1. The molecule has 0 saturated carbocycles. The highest BCUT2D eigenvalue weighted by atomic mass is 79.9. The first-order chi connectivity index (χ1) is 25.8. The van der Waals surface area contributed by atoms with E-state index in [0.717, 1.165) is 55.2 Å². The maximum absolute atomic E-state index is 12.2. The van der Waals surface area contributed by atoms with Gasteiger partial charge in [0.2, 0.25) is 0 Å². The number of carbonyl (C=O) groups excluding carboxylic acids is 2. The number of carbonyl (C=O) groups is 2. The van der Waals surface area contributed by atoms with Crippen LogP contribution in [0.15, 0.2) is 40.9 Å². The van der Waals surface area contributed by atoms with Crippen LogP contribution in [0.5, 0.6) is 11.5 Å². The number of nitrogens with one attached hydrogen (secondary N) is 1. The van der Waals surface area contributed by atoms with Crippen LogP contribution in [0, 0.1) is 22.7 Å². The highest BCUT2D eigenvalue weighted by Gasteiger charge is 2.26. The summed E-state index contributed by atoms with van der Waals surface area (Å²) in [5, 5.41) is 21.3. The van der Waals surface area contributed by atoms with E-state index in [0.29, 0.717) is 56.3 Å². The molecular weight excluding hydrogens is 768 g/mol. The molecule has 0 aromatic heterocycles. The summed E-state index contributed by atoms with van der Waals surface area (Å²) in [5.41, 5.74) is 1.24. The summed E-state index contributed by atoms with van der Waals surface area (Å²) < 4.78 is 22.9. The SMILES string of the molecule is CC(C)(C)OC(=O)N1CCNCC1.CN(C)CCOc1cc(Br)cc(C#N)c1.CN(C)CCOc1cc(C#N)cc(N2CCN(C(=O)OC(C)(C)C)CC2)c1. The molecule has 1 N–H and O–H groups in total. The number of ether oxygens (including phenoxy) is 4. The Morgan fingerprint density at radius 2 is 1.13 bits per heavy atom. The lowest BCUT2D eigenvalue weighted by Gasteiger charge is -2.36. The lowest BCUT2D eigenvalue weighted by molar-refractivity contribution is 0.0223. The van der Waals surface area contributed by atoms with Crippen LogP contribution in [0.2, 0.25) is 0 Å². The van der Waals surface area contributed by atoms with Crippen molar-refractivity contribution in [3.63, 3.8) is 0 Å².